The lowest BCUT2D eigenvalue weighted by Crippen LogP contribution is -2.38. The average molecular weight is 431 g/mol. The SMILES string of the molecule is COc1ccc(OC)c(C(C)NC(=O)NC(C)c2ccc(OC(F)F)cc2)c1.Cl. The molecule has 0 spiro atoms. The predicted molar refractivity (Wildman–Crippen MR) is 108 cm³/mol. The zero-order valence-corrected chi connectivity index (χ0v) is 17.4. The number of urea groups is 1. The van der Waals surface area contributed by atoms with Crippen LogP contribution >= 0.6 is 12.4 Å². The molecule has 160 valence electrons. The summed E-state index contributed by atoms with van der Waals surface area (Å²) in [5.41, 5.74) is 1.53. The van der Waals surface area contributed by atoms with Gasteiger partial charge in [-0.15, -0.1) is 12.4 Å². The lowest BCUT2D eigenvalue weighted by Gasteiger charge is -2.21. The normalized spacial score (nSPS) is 12.4. The molecule has 0 aliphatic heterocycles. The first-order valence-electron chi connectivity index (χ1n) is 8.67. The van der Waals surface area contributed by atoms with Gasteiger partial charge in [-0.3, -0.25) is 0 Å². The Hall–Kier alpha value is -2.74. The molecule has 2 rings (SSSR count). The van der Waals surface area contributed by atoms with Gasteiger partial charge in [0.1, 0.15) is 17.2 Å². The fourth-order valence-corrected chi connectivity index (χ4v) is 2.71. The van der Waals surface area contributed by atoms with Crippen molar-refractivity contribution in [1.82, 2.24) is 10.6 Å². The molecular formula is C20H25ClF2N2O4. The topological polar surface area (TPSA) is 68.8 Å². The number of hydrogen-bond acceptors (Lipinski definition) is 4. The number of benzene rings is 2. The van der Waals surface area contributed by atoms with E-state index in [0.717, 1.165) is 11.1 Å². The van der Waals surface area contributed by atoms with Gasteiger partial charge >= 0.3 is 12.6 Å². The zero-order valence-electron chi connectivity index (χ0n) is 16.6. The molecule has 0 saturated heterocycles. The number of methoxy groups -OCH3 is 2. The Morgan fingerprint density at radius 1 is 0.897 bits per heavy atom. The van der Waals surface area contributed by atoms with Crippen LogP contribution in [0.3, 0.4) is 0 Å². The monoisotopic (exact) mass is 430 g/mol. The number of carbonyl (C=O) groups is 1. The van der Waals surface area contributed by atoms with E-state index in [1.807, 2.05) is 6.92 Å². The second-order valence-electron chi connectivity index (χ2n) is 6.12. The highest BCUT2D eigenvalue weighted by molar-refractivity contribution is 5.85. The lowest BCUT2D eigenvalue weighted by molar-refractivity contribution is -0.0498. The van der Waals surface area contributed by atoms with Crippen LogP contribution in [-0.2, 0) is 0 Å². The Bertz CT molecular complexity index is 791. The number of nitrogens with one attached hydrogen (secondary N) is 2. The number of ether oxygens (including phenoxy) is 3. The molecule has 2 unspecified atom stereocenters. The van der Waals surface area contributed by atoms with E-state index in [4.69, 9.17) is 9.47 Å². The summed E-state index contributed by atoms with van der Waals surface area (Å²) in [6.45, 7) is 0.749. The van der Waals surface area contributed by atoms with E-state index in [-0.39, 0.29) is 36.3 Å². The molecule has 0 heterocycles. The third kappa shape index (κ3) is 6.98. The molecule has 0 fully saturated rings. The van der Waals surface area contributed by atoms with Crippen molar-refractivity contribution in [2.75, 3.05) is 14.2 Å². The average Bonchev–Trinajstić information content (AvgIpc) is 2.67. The number of amides is 2. The highest BCUT2D eigenvalue weighted by atomic mass is 35.5. The standard InChI is InChI=1S/C20H24F2N2O4.ClH/c1-12(14-5-7-15(8-6-14)28-19(21)22)23-20(25)24-13(2)17-11-16(26-3)9-10-18(17)27-4;/h5-13,19H,1-4H3,(H2,23,24,25);1H. The Balaban J connectivity index is 0.00000420. The molecule has 2 N–H and O–H groups in total. The van der Waals surface area contributed by atoms with Crippen molar-refractivity contribution >= 4 is 18.4 Å². The van der Waals surface area contributed by atoms with E-state index in [9.17, 15) is 13.6 Å². The summed E-state index contributed by atoms with van der Waals surface area (Å²) in [4.78, 5) is 12.4. The van der Waals surface area contributed by atoms with Crippen LogP contribution in [0.15, 0.2) is 42.5 Å². The summed E-state index contributed by atoms with van der Waals surface area (Å²) in [5, 5.41) is 5.66. The molecule has 2 aromatic rings. The van der Waals surface area contributed by atoms with Crippen LogP contribution in [0.5, 0.6) is 17.2 Å². The van der Waals surface area contributed by atoms with Gasteiger partial charge in [-0.05, 0) is 49.7 Å². The van der Waals surface area contributed by atoms with Crippen molar-refractivity contribution in [3.63, 3.8) is 0 Å². The van der Waals surface area contributed by atoms with Crippen LogP contribution in [0.2, 0.25) is 0 Å². The van der Waals surface area contributed by atoms with E-state index in [1.165, 1.54) is 12.1 Å². The van der Waals surface area contributed by atoms with Crippen LogP contribution in [0.1, 0.15) is 37.1 Å². The van der Waals surface area contributed by atoms with Crippen molar-refractivity contribution in [3.8, 4) is 17.2 Å². The maximum absolute atomic E-state index is 12.4. The summed E-state index contributed by atoms with van der Waals surface area (Å²) in [6, 6.07) is 10.4. The first-order valence-corrected chi connectivity index (χ1v) is 8.67. The van der Waals surface area contributed by atoms with Crippen LogP contribution < -0.4 is 24.8 Å². The number of alkyl halides is 2. The predicted octanol–water partition coefficient (Wildman–Crippen LogP) is 4.85. The molecule has 0 aliphatic carbocycles. The number of rotatable bonds is 8. The van der Waals surface area contributed by atoms with Crippen LogP contribution in [0.4, 0.5) is 13.6 Å². The van der Waals surface area contributed by atoms with Gasteiger partial charge < -0.3 is 24.8 Å². The summed E-state index contributed by atoms with van der Waals surface area (Å²) in [6.07, 6.45) is 0. The van der Waals surface area contributed by atoms with E-state index in [1.54, 1.807) is 51.5 Å². The largest absolute Gasteiger partial charge is 0.497 e. The number of carbonyl (C=O) groups excluding carboxylic acids is 1. The molecule has 0 radical (unpaired) electrons. The Morgan fingerprint density at radius 3 is 2.03 bits per heavy atom. The molecule has 9 heteroatoms. The summed E-state index contributed by atoms with van der Waals surface area (Å²) in [5.74, 6) is 1.36. The molecule has 0 aromatic heterocycles. The van der Waals surface area contributed by atoms with Crippen molar-refractivity contribution in [2.45, 2.75) is 32.5 Å². The highest BCUT2D eigenvalue weighted by Gasteiger charge is 2.17. The Morgan fingerprint density at radius 2 is 1.48 bits per heavy atom. The fraction of sp³-hybridized carbons (Fsp3) is 0.350. The third-order valence-corrected chi connectivity index (χ3v) is 4.20. The second-order valence-corrected chi connectivity index (χ2v) is 6.12. The molecule has 6 nitrogen and oxygen atoms in total. The quantitative estimate of drug-likeness (QED) is 0.628. The van der Waals surface area contributed by atoms with Gasteiger partial charge in [0.15, 0.2) is 0 Å². The third-order valence-electron chi connectivity index (χ3n) is 4.20. The first-order chi connectivity index (χ1) is 13.3. The minimum Gasteiger partial charge on any atom is -0.497 e. The molecule has 0 saturated carbocycles. The van der Waals surface area contributed by atoms with Crippen molar-refractivity contribution in [1.29, 1.82) is 0 Å². The Labute approximate surface area is 174 Å². The van der Waals surface area contributed by atoms with E-state index < -0.39 is 6.61 Å². The van der Waals surface area contributed by atoms with Crippen molar-refractivity contribution < 1.29 is 27.8 Å². The first kappa shape index (κ1) is 24.3. The van der Waals surface area contributed by atoms with E-state index in [2.05, 4.69) is 15.4 Å². The van der Waals surface area contributed by atoms with Gasteiger partial charge in [0, 0.05) is 5.56 Å². The number of hydrogen-bond donors (Lipinski definition) is 2. The van der Waals surface area contributed by atoms with Crippen molar-refractivity contribution in [2.24, 2.45) is 0 Å². The molecule has 2 amide bonds. The zero-order chi connectivity index (χ0) is 20.7. The van der Waals surface area contributed by atoms with Crippen LogP contribution in [0, 0.1) is 0 Å². The highest BCUT2D eigenvalue weighted by Crippen LogP contribution is 2.29. The number of halogens is 3. The molecule has 0 bridgehead atoms. The van der Waals surface area contributed by atoms with E-state index >= 15 is 0 Å². The van der Waals surface area contributed by atoms with Gasteiger partial charge in [0.2, 0.25) is 0 Å². The van der Waals surface area contributed by atoms with Gasteiger partial charge in [0.05, 0.1) is 26.3 Å². The van der Waals surface area contributed by atoms with Crippen LogP contribution in [0.25, 0.3) is 0 Å². The van der Waals surface area contributed by atoms with Crippen LogP contribution in [-0.4, -0.2) is 26.9 Å². The minimum atomic E-state index is -2.87. The summed E-state index contributed by atoms with van der Waals surface area (Å²) < 4.78 is 39.3. The second kappa shape index (κ2) is 11.3. The summed E-state index contributed by atoms with van der Waals surface area (Å²) in [7, 11) is 3.12. The Kier molecular flexibility index (Phi) is 9.47. The molecular weight excluding hydrogens is 406 g/mol. The van der Waals surface area contributed by atoms with Gasteiger partial charge in [-0.2, -0.15) is 8.78 Å². The summed E-state index contributed by atoms with van der Waals surface area (Å²) >= 11 is 0. The smallest absolute Gasteiger partial charge is 0.387 e. The van der Waals surface area contributed by atoms with E-state index in [0.29, 0.717) is 11.5 Å². The van der Waals surface area contributed by atoms with Gasteiger partial charge in [-0.25, -0.2) is 4.79 Å². The van der Waals surface area contributed by atoms with Gasteiger partial charge in [0.25, 0.3) is 0 Å². The molecule has 2 aromatic carbocycles. The molecule has 0 aliphatic rings. The van der Waals surface area contributed by atoms with Gasteiger partial charge in [-0.1, -0.05) is 12.1 Å². The van der Waals surface area contributed by atoms with Crippen molar-refractivity contribution in [3.05, 3.63) is 53.6 Å². The molecule has 29 heavy (non-hydrogen) atoms. The lowest BCUT2D eigenvalue weighted by atomic mass is 10.1. The fourth-order valence-electron chi connectivity index (χ4n) is 2.71. The maximum Gasteiger partial charge on any atom is 0.387 e. The molecule has 2 atom stereocenters. The maximum atomic E-state index is 12.4. The minimum absolute atomic E-state index is 0.